The Hall–Kier alpha value is -1.45. The zero-order chi connectivity index (χ0) is 12.5. The van der Waals surface area contributed by atoms with Gasteiger partial charge in [0, 0.05) is 23.6 Å². The first kappa shape index (κ1) is 12.0. The van der Waals surface area contributed by atoms with Gasteiger partial charge in [0.05, 0.1) is 5.56 Å². The van der Waals surface area contributed by atoms with Crippen LogP contribution in [0.25, 0.3) is 10.9 Å². The zero-order valence-electron chi connectivity index (χ0n) is 9.59. The van der Waals surface area contributed by atoms with Gasteiger partial charge in [-0.2, -0.15) is 13.2 Å². The number of halogens is 3. The Labute approximate surface area is 97.9 Å². The van der Waals surface area contributed by atoms with Crippen LogP contribution in [0.3, 0.4) is 0 Å². The molecule has 0 N–H and O–H groups in total. The first-order valence-electron chi connectivity index (χ1n) is 5.68. The van der Waals surface area contributed by atoms with Crippen LogP contribution in [0.1, 0.15) is 25.3 Å². The normalized spacial score (nSPS) is 12.2. The quantitative estimate of drug-likeness (QED) is 0.747. The number of nitrogens with zero attached hydrogens (tertiary/aromatic N) is 1. The summed E-state index contributed by atoms with van der Waals surface area (Å²) in [6, 6.07) is 5.64. The standard InChI is InChI=1S/C13H14F3N/c1-2-3-7-17-8-6-10-9-11(13(14,15)16)4-5-12(10)17/h4-6,8-9H,2-3,7H2,1H3. The summed E-state index contributed by atoms with van der Waals surface area (Å²) in [5, 5.41) is 0.649. The van der Waals surface area contributed by atoms with Gasteiger partial charge in [-0.25, -0.2) is 0 Å². The Kier molecular flexibility index (Phi) is 3.13. The molecule has 0 fully saturated rings. The van der Waals surface area contributed by atoms with Crippen LogP contribution in [0.15, 0.2) is 30.5 Å². The van der Waals surface area contributed by atoms with Crippen molar-refractivity contribution in [3.8, 4) is 0 Å². The fourth-order valence-corrected chi connectivity index (χ4v) is 1.90. The van der Waals surface area contributed by atoms with Gasteiger partial charge in [0.1, 0.15) is 0 Å². The number of hydrogen-bond acceptors (Lipinski definition) is 0. The number of hydrogen-bond donors (Lipinski definition) is 0. The van der Waals surface area contributed by atoms with E-state index in [-0.39, 0.29) is 0 Å². The van der Waals surface area contributed by atoms with Crippen LogP contribution < -0.4 is 0 Å². The molecule has 0 saturated carbocycles. The molecule has 1 aromatic heterocycles. The number of alkyl halides is 3. The molecule has 0 unspecified atom stereocenters. The fraction of sp³-hybridized carbons (Fsp3) is 0.385. The van der Waals surface area contributed by atoms with E-state index in [9.17, 15) is 13.2 Å². The number of aryl methyl sites for hydroxylation is 1. The average molecular weight is 241 g/mol. The van der Waals surface area contributed by atoms with E-state index in [1.165, 1.54) is 6.07 Å². The fourth-order valence-electron chi connectivity index (χ4n) is 1.90. The third-order valence-corrected chi connectivity index (χ3v) is 2.85. The van der Waals surface area contributed by atoms with Crippen molar-refractivity contribution in [1.29, 1.82) is 0 Å². The molecule has 1 aromatic carbocycles. The lowest BCUT2D eigenvalue weighted by atomic mass is 10.1. The van der Waals surface area contributed by atoms with E-state index in [2.05, 4.69) is 6.92 Å². The van der Waals surface area contributed by atoms with Gasteiger partial charge in [-0.05, 0) is 30.7 Å². The first-order valence-corrected chi connectivity index (χ1v) is 5.68. The topological polar surface area (TPSA) is 4.93 Å². The van der Waals surface area contributed by atoms with Crippen molar-refractivity contribution >= 4 is 10.9 Å². The summed E-state index contributed by atoms with van der Waals surface area (Å²) in [5.74, 6) is 0. The summed E-state index contributed by atoms with van der Waals surface area (Å²) in [6.07, 6.45) is -0.314. The Morgan fingerprint density at radius 2 is 1.94 bits per heavy atom. The SMILES string of the molecule is CCCCn1ccc2cc(C(F)(F)F)ccc21. The third-order valence-electron chi connectivity index (χ3n) is 2.85. The smallest absolute Gasteiger partial charge is 0.347 e. The van der Waals surface area contributed by atoms with E-state index in [4.69, 9.17) is 0 Å². The summed E-state index contributed by atoms with van der Waals surface area (Å²) < 4.78 is 39.6. The molecule has 0 amide bonds. The van der Waals surface area contributed by atoms with E-state index >= 15 is 0 Å². The van der Waals surface area contributed by atoms with Gasteiger partial charge in [-0.15, -0.1) is 0 Å². The minimum atomic E-state index is -4.26. The van der Waals surface area contributed by atoms with Crippen LogP contribution in [0.4, 0.5) is 13.2 Å². The molecule has 1 nitrogen and oxygen atoms in total. The summed E-state index contributed by atoms with van der Waals surface area (Å²) in [4.78, 5) is 0. The lowest BCUT2D eigenvalue weighted by molar-refractivity contribution is -0.137. The molecule has 0 bridgehead atoms. The van der Waals surface area contributed by atoms with Crippen LogP contribution >= 0.6 is 0 Å². The zero-order valence-corrected chi connectivity index (χ0v) is 9.59. The molecule has 0 radical (unpaired) electrons. The second-order valence-corrected chi connectivity index (χ2v) is 4.13. The maximum absolute atomic E-state index is 12.5. The maximum Gasteiger partial charge on any atom is 0.416 e. The lowest BCUT2D eigenvalue weighted by Gasteiger charge is -2.08. The lowest BCUT2D eigenvalue weighted by Crippen LogP contribution is -2.04. The minimum absolute atomic E-state index is 0.585. The highest BCUT2D eigenvalue weighted by Crippen LogP contribution is 2.31. The van der Waals surface area contributed by atoms with Gasteiger partial charge in [-0.3, -0.25) is 0 Å². The summed E-state index contributed by atoms with van der Waals surface area (Å²) in [5.41, 5.74) is 0.282. The second kappa shape index (κ2) is 4.43. The number of unbranched alkanes of at least 4 members (excludes halogenated alkanes) is 1. The van der Waals surface area contributed by atoms with Crippen molar-refractivity contribution < 1.29 is 13.2 Å². The molecular weight excluding hydrogens is 227 g/mol. The predicted molar refractivity (Wildman–Crippen MR) is 61.8 cm³/mol. The number of benzene rings is 1. The van der Waals surface area contributed by atoms with E-state index in [0.29, 0.717) is 5.39 Å². The molecule has 4 heteroatoms. The Bertz CT molecular complexity index is 511. The molecule has 0 spiro atoms. The van der Waals surface area contributed by atoms with Gasteiger partial charge in [-0.1, -0.05) is 13.3 Å². The van der Waals surface area contributed by atoms with Crippen LogP contribution in [0.5, 0.6) is 0 Å². The van der Waals surface area contributed by atoms with Gasteiger partial charge in [0.25, 0.3) is 0 Å². The Morgan fingerprint density at radius 1 is 1.18 bits per heavy atom. The van der Waals surface area contributed by atoms with Crippen molar-refractivity contribution in [3.05, 3.63) is 36.0 Å². The molecule has 0 aliphatic carbocycles. The van der Waals surface area contributed by atoms with Crippen LogP contribution in [-0.4, -0.2) is 4.57 Å². The van der Waals surface area contributed by atoms with Gasteiger partial charge in [0.15, 0.2) is 0 Å². The number of rotatable bonds is 3. The van der Waals surface area contributed by atoms with Crippen molar-refractivity contribution in [3.63, 3.8) is 0 Å². The molecule has 0 aliphatic rings. The summed E-state index contributed by atoms with van der Waals surface area (Å²) in [7, 11) is 0. The molecule has 92 valence electrons. The molecule has 2 aromatic rings. The highest BCUT2D eigenvalue weighted by atomic mass is 19.4. The van der Waals surface area contributed by atoms with E-state index in [1.54, 1.807) is 12.1 Å². The molecule has 0 aliphatic heterocycles. The number of fused-ring (bicyclic) bond motifs is 1. The highest BCUT2D eigenvalue weighted by Gasteiger charge is 2.30. The molecule has 1 heterocycles. The highest BCUT2D eigenvalue weighted by molar-refractivity contribution is 5.81. The predicted octanol–water partition coefficient (Wildman–Crippen LogP) is 4.46. The average Bonchev–Trinajstić information content (AvgIpc) is 2.67. The Balaban J connectivity index is 2.38. The van der Waals surface area contributed by atoms with Crippen molar-refractivity contribution in [2.24, 2.45) is 0 Å². The molecule has 2 rings (SSSR count). The van der Waals surface area contributed by atoms with Crippen LogP contribution in [0.2, 0.25) is 0 Å². The van der Waals surface area contributed by atoms with Crippen LogP contribution in [-0.2, 0) is 12.7 Å². The van der Waals surface area contributed by atoms with Crippen molar-refractivity contribution in [1.82, 2.24) is 4.57 Å². The second-order valence-electron chi connectivity index (χ2n) is 4.13. The van der Waals surface area contributed by atoms with Gasteiger partial charge >= 0.3 is 6.18 Å². The Morgan fingerprint density at radius 3 is 2.59 bits per heavy atom. The van der Waals surface area contributed by atoms with Crippen molar-refractivity contribution in [2.75, 3.05) is 0 Å². The van der Waals surface area contributed by atoms with E-state index in [1.807, 2.05) is 10.8 Å². The van der Waals surface area contributed by atoms with Gasteiger partial charge < -0.3 is 4.57 Å². The summed E-state index contributed by atoms with van der Waals surface area (Å²) >= 11 is 0. The monoisotopic (exact) mass is 241 g/mol. The maximum atomic E-state index is 12.5. The molecule has 17 heavy (non-hydrogen) atoms. The first-order chi connectivity index (χ1) is 8.02. The van der Waals surface area contributed by atoms with Gasteiger partial charge in [0.2, 0.25) is 0 Å². The van der Waals surface area contributed by atoms with E-state index < -0.39 is 11.7 Å². The third kappa shape index (κ3) is 2.46. The molecular formula is C13H14F3N. The number of aromatic nitrogens is 1. The largest absolute Gasteiger partial charge is 0.416 e. The van der Waals surface area contributed by atoms with Crippen LogP contribution in [0, 0.1) is 0 Å². The summed E-state index contributed by atoms with van der Waals surface area (Å²) in [6.45, 7) is 2.94. The van der Waals surface area contributed by atoms with Crippen molar-refractivity contribution in [2.45, 2.75) is 32.5 Å². The molecule has 0 saturated heterocycles. The minimum Gasteiger partial charge on any atom is -0.347 e. The van der Waals surface area contributed by atoms with E-state index in [0.717, 1.165) is 31.0 Å². The molecule has 0 atom stereocenters.